The maximum absolute atomic E-state index is 12.1. The van der Waals surface area contributed by atoms with E-state index in [1.165, 1.54) is 0 Å². The van der Waals surface area contributed by atoms with Crippen molar-refractivity contribution in [3.8, 4) is 5.75 Å². The summed E-state index contributed by atoms with van der Waals surface area (Å²) in [7, 11) is 0. The SMILES string of the molecule is CC(NC(=O)COc1ccc(N2CCCC2=O)cc1)c1ccccc1Cl. The Bertz CT molecular complexity index is 792. The first-order chi connectivity index (χ1) is 12.5. The van der Waals surface area contributed by atoms with E-state index >= 15 is 0 Å². The largest absolute Gasteiger partial charge is 0.484 e. The minimum absolute atomic E-state index is 0.0865. The molecule has 2 amide bonds. The number of carbonyl (C=O) groups is 2. The number of halogens is 1. The standard InChI is InChI=1S/C20H21ClN2O3/c1-14(17-5-2-3-6-18(17)21)22-19(24)13-26-16-10-8-15(9-11-16)23-12-4-7-20(23)25/h2-3,5-6,8-11,14H,4,7,12-13H2,1H3,(H,22,24). The van der Waals surface area contributed by atoms with Gasteiger partial charge in [0.15, 0.2) is 6.61 Å². The Morgan fingerprint density at radius 2 is 1.96 bits per heavy atom. The van der Waals surface area contributed by atoms with Crippen LogP contribution >= 0.6 is 11.6 Å². The van der Waals surface area contributed by atoms with Gasteiger partial charge in [-0.25, -0.2) is 0 Å². The first kappa shape index (κ1) is 18.3. The van der Waals surface area contributed by atoms with Gasteiger partial charge in [0, 0.05) is 23.7 Å². The highest BCUT2D eigenvalue weighted by atomic mass is 35.5. The summed E-state index contributed by atoms with van der Waals surface area (Å²) in [5.74, 6) is 0.503. The third-order valence-electron chi connectivity index (χ3n) is 4.34. The van der Waals surface area contributed by atoms with Crippen molar-refractivity contribution in [1.29, 1.82) is 0 Å². The van der Waals surface area contributed by atoms with Gasteiger partial charge >= 0.3 is 0 Å². The van der Waals surface area contributed by atoms with Crippen molar-refractivity contribution in [3.05, 3.63) is 59.1 Å². The molecule has 0 aliphatic carbocycles. The lowest BCUT2D eigenvalue weighted by molar-refractivity contribution is -0.123. The summed E-state index contributed by atoms with van der Waals surface area (Å²) >= 11 is 6.14. The van der Waals surface area contributed by atoms with E-state index in [1.54, 1.807) is 23.1 Å². The lowest BCUT2D eigenvalue weighted by Gasteiger charge is -2.17. The number of rotatable bonds is 6. The minimum Gasteiger partial charge on any atom is -0.484 e. The fourth-order valence-electron chi connectivity index (χ4n) is 2.98. The molecule has 1 heterocycles. The molecule has 1 aliphatic rings. The van der Waals surface area contributed by atoms with Gasteiger partial charge in [0.1, 0.15) is 5.75 Å². The summed E-state index contributed by atoms with van der Waals surface area (Å²) in [6.45, 7) is 2.54. The smallest absolute Gasteiger partial charge is 0.258 e. The highest BCUT2D eigenvalue weighted by Crippen LogP contribution is 2.24. The quantitative estimate of drug-likeness (QED) is 0.840. The summed E-state index contributed by atoms with van der Waals surface area (Å²) in [4.78, 5) is 25.6. The van der Waals surface area contributed by atoms with Crippen molar-refractivity contribution in [2.45, 2.75) is 25.8 Å². The van der Waals surface area contributed by atoms with Gasteiger partial charge in [0.05, 0.1) is 6.04 Å². The molecule has 0 saturated carbocycles. The second kappa shape index (κ2) is 8.23. The number of anilines is 1. The monoisotopic (exact) mass is 372 g/mol. The summed E-state index contributed by atoms with van der Waals surface area (Å²) in [6.07, 6.45) is 1.49. The van der Waals surface area contributed by atoms with Crippen LogP contribution in [0.1, 0.15) is 31.4 Å². The lowest BCUT2D eigenvalue weighted by atomic mass is 10.1. The molecule has 2 aromatic carbocycles. The number of nitrogens with one attached hydrogen (secondary N) is 1. The highest BCUT2D eigenvalue weighted by molar-refractivity contribution is 6.31. The average molecular weight is 373 g/mol. The van der Waals surface area contributed by atoms with Crippen LogP contribution in [0.5, 0.6) is 5.75 Å². The number of benzene rings is 2. The molecule has 1 N–H and O–H groups in total. The predicted octanol–water partition coefficient (Wildman–Crippen LogP) is 3.72. The van der Waals surface area contributed by atoms with E-state index in [9.17, 15) is 9.59 Å². The van der Waals surface area contributed by atoms with Crippen LogP contribution in [0.2, 0.25) is 5.02 Å². The molecule has 5 nitrogen and oxygen atoms in total. The minimum atomic E-state index is -0.226. The van der Waals surface area contributed by atoms with Crippen LogP contribution in [0.3, 0.4) is 0 Å². The number of carbonyl (C=O) groups excluding carboxylic acids is 2. The lowest BCUT2D eigenvalue weighted by Crippen LogP contribution is -2.31. The van der Waals surface area contributed by atoms with Gasteiger partial charge in [-0.05, 0) is 49.2 Å². The molecule has 1 unspecified atom stereocenters. The molecule has 0 spiro atoms. The molecule has 0 bridgehead atoms. The van der Waals surface area contributed by atoms with Crippen molar-refractivity contribution in [2.75, 3.05) is 18.1 Å². The molecule has 1 fully saturated rings. The summed E-state index contributed by atoms with van der Waals surface area (Å²) in [5, 5.41) is 3.49. The number of ether oxygens (including phenoxy) is 1. The molecule has 0 radical (unpaired) electrons. The highest BCUT2D eigenvalue weighted by Gasteiger charge is 2.21. The molecule has 26 heavy (non-hydrogen) atoms. The zero-order valence-electron chi connectivity index (χ0n) is 14.6. The molecule has 1 saturated heterocycles. The third kappa shape index (κ3) is 4.35. The predicted molar refractivity (Wildman–Crippen MR) is 102 cm³/mol. The summed E-state index contributed by atoms with van der Waals surface area (Å²) < 4.78 is 5.53. The number of amides is 2. The van der Waals surface area contributed by atoms with Gasteiger partial charge in [-0.1, -0.05) is 29.8 Å². The normalized spacial score (nSPS) is 15.0. The van der Waals surface area contributed by atoms with E-state index in [-0.39, 0.29) is 24.5 Å². The molecule has 0 aromatic heterocycles. The Kier molecular flexibility index (Phi) is 5.78. The van der Waals surface area contributed by atoms with Gasteiger partial charge in [0.2, 0.25) is 5.91 Å². The molecule has 3 rings (SSSR count). The first-order valence-corrected chi connectivity index (χ1v) is 8.99. The Morgan fingerprint density at radius 3 is 2.62 bits per heavy atom. The van der Waals surface area contributed by atoms with Crippen LogP contribution in [-0.2, 0) is 9.59 Å². The van der Waals surface area contributed by atoms with Crippen molar-refractivity contribution < 1.29 is 14.3 Å². The molecule has 2 aromatic rings. The van der Waals surface area contributed by atoms with Crippen LogP contribution in [0, 0.1) is 0 Å². The summed E-state index contributed by atoms with van der Waals surface area (Å²) in [5.41, 5.74) is 1.72. The van der Waals surface area contributed by atoms with Gasteiger partial charge < -0.3 is 15.0 Å². The Hall–Kier alpha value is -2.53. The van der Waals surface area contributed by atoms with Gasteiger partial charge in [-0.2, -0.15) is 0 Å². The summed E-state index contributed by atoms with van der Waals surface area (Å²) in [6, 6.07) is 14.4. The van der Waals surface area contributed by atoms with Crippen LogP contribution < -0.4 is 15.0 Å². The van der Waals surface area contributed by atoms with Gasteiger partial charge in [-0.3, -0.25) is 9.59 Å². The van der Waals surface area contributed by atoms with Crippen LogP contribution in [0.25, 0.3) is 0 Å². The van der Waals surface area contributed by atoms with E-state index in [0.29, 0.717) is 17.2 Å². The second-order valence-electron chi connectivity index (χ2n) is 6.24. The van der Waals surface area contributed by atoms with Crippen LogP contribution in [-0.4, -0.2) is 25.0 Å². The maximum atomic E-state index is 12.1. The third-order valence-corrected chi connectivity index (χ3v) is 4.69. The first-order valence-electron chi connectivity index (χ1n) is 8.61. The van der Waals surface area contributed by atoms with Crippen molar-refractivity contribution in [3.63, 3.8) is 0 Å². The maximum Gasteiger partial charge on any atom is 0.258 e. The van der Waals surface area contributed by atoms with E-state index in [0.717, 1.165) is 24.2 Å². The molecule has 1 aliphatic heterocycles. The zero-order valence-corrected chi connectivity index (χ0v) is 15.3. The van der Waals surface area contributed by atoms with Crippen molar-refractivity contribution in [2.24, 2.45) is 0 Å². The average Bonchev–Trinajstić information content (AvgIpc) is 3.06. The molecule has 6 heteroatoms. The molecule has 136 valence electrons. The van der Waals surface area contributed by atoms with E-state index in [1.807, 2.05) is 37.3 Å². The van der Waals surface area contributed by atoms with Crippen LogP contribution in [0.4, 0.5) is 5.69 Å². The van der Waals surface area contributed by atoms with Gasteiger partial charge in [-0.15, -0.1) is 0 Å². The van der Waals surface area contributed by atoms with E-state index < -0.39 is 0 Å². The van der Waals surface area contributed by atoms with E-state index in [4.69, 9.17) is 16.3 Å². The molecular formula is C20H21ClN2O3. The molecular weight excluding hydrogens is 352 g/mol. The van der Waals surface area contributed by atoms with Gasteiger partial charge in [0.25, 0.3) is 5.91 Å². The zero-order chi connectivity index (χ0) is 18.5. The van der Waals surface area contributed by atoms with Crippen LogP contribution in [0.15, 0.2) is 48.5 Å². The van der Waals surface area contributed by atoms with E-state index in [2.05, 4.69) is 5.32 Å². The number of hydrogen-bond donors (Lipinski definition) is 1. The fraction of sp³-hybridized carbons (Fsp3) is 0.300. The Morgan fingerprint density at radius 1 is 1.23 bits per heavy atom. The number of hydrogen-bond acceptors (Lipinski definition) is 3. The number of nitrogens with zero attached hydrogens (tertiary/aromatic N) is 1. The van der Waals surface area contributed by atoms with Crippen molar-refractivity contribution in [1.82, 2.24) is 5.32 Å². The van der Waals surface area contributed by atoms with Crippen molar-refractivity contribution >= 4 is 29.1 Å². The Labute approximate surface area is 157 Å². The molecule has 1 atom stereocenters. The topological polar surface area (TPSA) is 58.6 Å². The Balaban J connectivity index is 1.51. The fourth-order valence-corrected chi connectivity index (χ4v) is 3.28. The second-order valence-corrected chi connectivity index (χ2v) is 6.65.